The molecule has 1 saturated carbocycles. The molecule has 2 rings (SSSR count). The van der Waals surface area contributed by atoms with Crippen molar-refractivity contribution in [2.45, 2.75) is 31.7 Å². The Morgan fingerprint density at radius 1 is 1.24 bits per heavy atom. The Hall–Kier alpha value is -0.790. The molecule has 1 aliphatic rings. The van der Waals surface area contributed by atoms with Crippen LogP contribution < -0.4 is 5.32 Å². The van der Waals surface area contributed by atoms with Gasteiger partial charge in [0.15, 0.2) is 0 Å². The van der Waals surface area contributed by atoms with Crippen LogP contribution in [-0.2, 0) is 0 Å². The summed E-state index contributed by atoms with van der Waals surface area (Å²) in [5.74, 6) is 0.612. The van der Waals surface area contributed by atoms with E-state index in [9.17, 15) is 0 Å². The van der Waals surface area contributed by atoms with Gasteiger partial charge in [-0.3, -0.25) is 0 Å². The normalized spacial score (nSPS) is 21.7. The maximum atomic E-state index is 4.25. The van der Waals surface area contributed by atoms with Crippen LogP contribution in [0, 0.1) is 5.92 Å². The number of nitrogens with one attached hydrogen (secondary N) is 1. The molecule has 1 fully saturated rings. The standard InChI is InChI=1S/C15H21N.ClH/c1-12-8-6-7-11-14(12)15(16-2)13-9-4-3-5-10-13;/h3-5,9-10,14-16H,1,6-8,11H2,2H3;1H. The van der Waals surface area contributed by atoms with Gasteiger partial charge in [-0.15, -0.1) is 12.4 Å². The van der Waals surface area contributed by atoms with Crippen molar-refractivity contribution in [3.8, 4) is 0 Å². The fourth-order valence-electron chi connectivity index (χ4n) is 2.77. The van der Waals surface area contributed by atoms with E-state index in [1.165, 1.54) is 36.8 Å². The lowest BCUT2D eigenvalue weighted by Gasteiger charge is -2.32. The lowest BCUT2D eigenvalue weighted by atomic mass is 9.78. The Kier molecular flexibility index (Phi) is 5.73. The van der Waals surface area contributed by atoms with Crippen LogP contribution in [0.15, 0.2) is 42.5 Å². The lowest BCUT2D eigenvalue weighted by molar-refractivity contribution is 0.356. The largest absolute Gasteiger partial charge is 0.312 e. The predicted molar refractivity (Wildman–Crippen MR) is 76.6 cm³/mol. The van der Waals surface area contributed by atoms with E-state index in [1.807, 2.05) is 0 Å². The minimum absolute atomic E-state index is 0. The van der Waals surface area contributed by atoms with Gasteiger partial charge in [0.25, 0.3) is 0 Å². The first-order valence-corrected chi connectivity index (χ1v) is 6.23. The fraction of sp³-hybridized carbons (Fsp3) is 0.467. The summed E-state index contributed by atoms with van der Waals surface area (Å²) < 4.78 is 0. The van der Waals surface area contributed by atoms with Crippen LogP contribution in [-0.4, -0.2) is 7.05 Å². The van der Waals surface area contributed by atoms with Gasteiger partial charge in [0.1, 0.15) is 0 Å². The molecule has 2 atom stereocenters. The summed E-state index contributed by atoms with van der Waals surface area (Å²) in [5.41, 5.74) is 2.81. The molecule has 1 N–H and O–H groups in total. The molecule has 2 heteroatoms. The average Bonchev–Trinajstić information content (AvgIpc) is 2.34. The van der Waals surface area contributed by atoms with E-state index < -0.39 is 0 Å². The van der Waals surface area contributed by atoms with Gasteiger partial charge >= 0.3 is 0 Å². The van der Waals surface area contributed by atoms with Gasteiger partial charge in [0.2, 0.25) is 0 Å². The van der Waals surface area contributed by atoms with Gasteiger partial charge in [0, 0.05) is 6.04 Å². The monoisotopic (exact) mass is 251 g/mol. The molecular weight excluding hydrogens is 230 g/mol. The molecule has 0 radical (unpaired) electrons. The molecule has 0 saturated heterocycles. The number of hydrogen-bond donors (Lipinski definition) is 1. The lowest BCUT2D eigenvalue weighted by Crippen LogP contribution is -2.28. The molecule has 1 nitrogen and oxygen atoms in total. The molecule has 2 unspecified atom stereocenters. The molecule has 1 aromatic rings. The van der Waals surface area contributed by atoms with Crippen molar-refractivity contribution in [3.05, 3.63) is 48.0 Å². The Morgan fingerprint density at radius 2 is 1.94 bits per heavy atom. The van der Waals surface area contributed by atoms with Crippen LogP contribution in [0.4, 0.5) is 0 Å². The van der Waals surface area contributed by atoms with Gasteiger partial charge in [0.05, 0.1) is 0 Å². The molecule has 94 valence electrons. The van der Waals surface area contributed by atoms with Gasteiger partial charge < -0.3 is 5.32 Å². The summed E-state index contributed by atoms with van der Waals surface area (Å²) in [5, 5.41) is 3.46. The molecular formula is C15H22ClN. The zero-order valence-electron chi connectivity index (χ0n) is 10.5. The minimum atomic E-state index is 0. The van der Waals surface area contributed by atoms with Gasteiger partial charge in [-0.05, 0) is 37.8 Å². The van der Waals surface area contributed by atoms with Gasteiger partial charge in [-0.2, -0.15) is 0 Å². The summed E-state index contributed by atoms with van der Waals surface area (Å²) in [6.45, 7) is 4.25. The first kappa shape index (κ1) is 14.3. The smallest absolute Gasteiger partial charge is 0.0383 e. The Bertz CT molecular complexity index is 347. The van der Waals surface area contributed by atoms with Crippen molar-refractivity contribution in [2.75, 3.05) is 7.05 Å². The molecule has 1 aliphatic carbocycles. The molecule has 0 aliphatic heterocycles. The van der Waals surface area contributed by atoms with Crippen molar-refractivity contribution in [2.24, 2.45) is 5.92 Å². The Labute approximate surface area is 111 Å². The van der Waals surface area contributed by atoms with E-state index in [0.29, 0.717) is 12.0 Å². The SMILES string of the molecule is C=C1CCCCC1C(NC)c1ccccc1.Cl. The highest BCUT2D eigenvalue weighted by Gasteiger charge is 2.26. The second-order valence-corrected chi connectivity index (χ2v) is 4.69. The molecule has 0 bridgehead atoms. The van der Waals surface area contributed by atoms with Gasteiger partial charge in [-0.25, -0.2) is 0 Å². The highest BCUT2D eigenvalue weighted by atomic mass is 35.5. The third-order valence-corrected chi connectivity index (χ3v) is 3.66. The van der Waals surface area contributed by atoms with E-state index in [0.717, 1.165) is 0 Å². The zero-order valence-corrected chi connectivity index (χ0v) is 11.3. The number of hydrogen-bond acceptors (Lipinski definition) is 1. The van der Waals surface area contributed by atoms with E-state index in [1.54, 1.807) is 0 Å². The summed E-state index contributed by atoms with van der Waals surface area (Å²) in [4.78, 5) is 0. The van der Waals surface area contributed by atoms with E-state index >= 15 is 0 Å². The molecule has 0 heterocycles. The van der Waals surface area contributed by atoms with Crippen LogP contribution in [0.5, 0.6) is 0 Å². The summed E-state index contributed by atoms with van der Waals surface area (Å²) >= 11 is 0. The highest BCUT2D eigenvalue weighted by Crippen LogP contribution is 2.37. The topological polar surface area (TPSA) is 12.0 Å². The van der Waals surface area contributed by atoms with E-state index in [-0.39, 0.29) is 12.4 Å². The number of benzene rings is 1. The Balaban J connectivity index is 0.00000144. The van der Waals surface area contributed by atoms with E-state index in [2.05, 4.69) is 49.3 Å². The van der Waals surface area contributed by atoms with Gasteiger partial charge in [-0.1, -0.05) is 48.9 Å². The molecule has 0 amide bonds. The summed E-state index contributed by atoms with van der Waals surface area (Å²) in [6.07, 6.45) is 5.14. The van der Waals surface area contributed by atoms with Crippen molar-refractivity contribution in [3.63, 3.8) is 0 Å². The third kappa shape index (κ3) is 3.34. The first-order chi connectivity index (χ1) is 7.83. The first-order valence-electron chi connectivity index (χ1n) is 6.23. The van der Waals surface area contributed by atoms with Crippen LogP contribution >= 0.6 is 12.4 Å². The van der Waals surface area contributed by atoms with Crippen LogP contribution in [0.2, 0.25) is 0 Å². The van der Waals surface area contributed by atoms with E-state index in [4.69, 9.17) is 0 Å². The zero-order chi connectivity index (χ0) is 11.4. The second-order valence-electron chi connectivity index (χ2n) is 4.69. The summed E-state index contributed by atoms with van der Waals surface area (Å²) in [6, 6.07) is 11.2. The predicted octanol–water partition coefficient (Wildman–Crippen LogP) is 4.12. The number of halogens is 1. The van der Waals surface area contributed by atoms with Crippen molar-refractivity contribution >= 4 is 12.4 Å². The van der Waals surface area contributed by atoms with Crippen molar-refractivity contribution in [1.29, 1.82) is 0 Å². The van der Waals surface area contributed by atoms with Crippen LogP contribution in [0.25, 0.3) is 0 Å². The van der Waals surface area contributed by atoms with Crippen molar-refractivity contribution < 1.29 is 0 Å². The molecule has 0 spiro atoms. The summed E-state index contributed by atoms with van der Waals surface area (Å²) in [7, 11) is 2.06. The quantitative estimate of drug-likeness (QED) is 0.797. The highest BCUT2D eigenvalue weighted by molar-refractivity contribution is 5.85. The maximum absolute atomic E-state index is 4.25. The van der Waals surface area contributed by atoms with Crippen molar-refractivity contribution in [1.82, 2.24) is 5.32 Å². The molecule has 0 aromatic heterocycles. The molecule has 17 heavy (non-hydrogen) atoms. The van der Waals surface area contributed by atoms with Crippen LogP contribution in [0.1, 0.15) is 37.3 Å². The molecule has 1 aromatic carbocycles. The fourth-order valence-corrected chi connectivity index (χ4v) is 2.77. The Morgan fingerprint density at radius 3 is 2.53 bits per heavy atom. The maximum Gasteiger partial charge on any atom is 0.0383 e. The second kappa shape index (κ2) is 6.83. The minimum Gasteiger partial charge on any atom is -0.312 e. The number of rotatable bonds is 3. The average molecular weight is 252 g/mol. The van der Waals surface area contributed by atoms with Crippen LogP contribution in [0.3, 0.4) is 0 Å². The third-order valence-electron chi connectivity index (χ3n) is 3.66.